The molecule has 4 heteroatoms. The summed E-state index contributed by atoms with van der Waals surface area (Å²) in [6.45, 7) is 3.95. The summed E-state index contributed by atoms with van der Waals surface area (Å²) in [5.74, 6) is -0.0139. The zero-order valence-corrected chi connectivity index (χ0v) is 9.89. The van der Waals surface area contributed by atoms with E-state index in [4.69, 9.17) is 9.84 Å². The summed E-state index contributed by atoms with van der Waals surface area (Å²) in [7, 11) is 0. The molecule has 2 aliphatic rings. The Morgan fingerprint density at radius 3 is 2.56 bits per heavy atom. The number of carbonyl (C=O) groups is 1. The van der Waals surface area contributed by atoms with Crippen molar-refractivity contribution in [3.8, 4) is 0 Å². The van der Waals surface area contributed by atoms with Crippen LogP contribution in [0.3, 0.4) is 0 Å². The summed E-state index contributed by atoms with van der Waals surface area (Å²) in [5, 5.41) is 9.05. The molecule has 0 aromatic carbocycles. The molecule has 2 aliphatic carbocycles. The number of hydrogen-bond acceptors (Lipinski definition) is 3. The first kappa shape index (κ1) is 11.9. The van der Waals surface area contributed by atoms with Gasteiger partial charge in [0.2, 0.25) is 0 Å². The third-order valence-corrected chi connectivity index (χ3v) is 3.30. The van der Waals surface area contributed by atoms with Crippen molar-refractivity contribution < 1.29 is 14.6 Å². The molecule has 1 unspecified atom stereocenters. The van der Waals surface area contributed by atoms with E-state index in [-0.39, 0.29) is 0 Å². The monoisotopic (exact) mass is 227 g/mol. The van der Waals surface area contributed by atoms with Crippen LogP contribution in [0, 0.1) is 5.92 Å². The standard InChI is InChI=1S/C12H21NO3/c1-2-16-11(12(14)15)8-13(10-5-6-10)7-9-3-4-9/h9-11H,2-8H2,1H3,(H,14,15). The van der Waals surface area contributed by atoms with E-state index in [1.54, 1.807) is 0 Å². The highest BCUT2D eigenvalue weighted by molar-refractivity contribution is 5.72. The van der Waals surface area contributed by atoms with Crippen LogP contribution in [-0.2, 0) is 9.53 Å². The van der Waals surface area contributed by atoms with Crippen molar-refractivity contribution in [1.29, 1.82) is 0 Å². The Balaban J connectivity index is 1.83. The molecular formula is C12H21NO3. The van der Waals surface area contributed by atoms with E-state index in [2.05, 4.69) is 4.90 Å². The second-order valence-electron chi connectivity index (χ2n) is 4.91. The molecule has 0 radical (unpaired) electrons. The average Bonchev–Trinajstić information content (AvgIpc) is 3.08. The number of rotatable bonds is 8. The number of aliphatic carboxylic acids is 1. The van der Waals surface area contributed by atoms with Crippen LogP contribution in [0.15, 0.2) is 0 Å². The molecule has 0 heterocycles. The second-order valence-corrected chi connectivity index (χ2v) is 4.91. The lowest BCUT2D eigenvalue weighted by Crippen LogP contribution is -2.41. The molecule has 1 atom stereocenters. The van der Waals surface area contributed by atoms with Gasteiger partial charge in [0, 0.05) is 25.7 Å². The number of ether oxygens (including phenoxy) is 1. The average molecular weight is 227 g/mol. The molecule has 0 saturated heterocycles. The second kappa shape index (κ2) is 5.15. The Morgan fingerprint density at radius 1 is 1.44 bits per heavy atom. The van der Waals surface area contributed by atoms with Gasteiger partial charge in [0.15, 0.2) is 6.10 Å². The minimum Gasteiger partial charge on any atom is -0.479 e. The molecule has 0 bridgehead atoms. The van der Waals surface area contributed by atoms with Crippen molar-refractivity contribution in [2.24, 2.45) is 5.92 Å². The van der Waals surface area contributed by atoms with Gasteiger partial charge in [-0.1, -0.05) is 0 Å². The van der Waals surface area contributed by atoms with E-state index in [1.807, 2.05) is 6.92 Å². The summed E-state index contributed by atoms with van der Waals surface area (Å²) in [6.07, 6.45) is 4.44. The Labute approximate surface area is 96.6 Å². The van der Waals surface area contributed by atoms with E-state index >= 15 is 0 Å². The fourth-order valence-electron chi connectivity index (χ4n) is 2.06. The zero-order chi connectivity index (χ0) is 11.5. The molecular weight excluding hydrogens is 206 g/mol. The predicted octanol–water partition coefficient (Wildman–Crippen LogP) is 1.35. The minimum absolute atomic E-state index is 0.471. The van der Waals surface area contributed by atoms with Crippen molar-refractivity contribution >= 4 is 5.97 Å². The van der Waals surface area contributed by atoms with Gasteiger partial charge in [0.1, 0.15) is 0 Å². The third kappa shape index (κ3) is 3.46. The molecule has 16 heavy (non-hydrogen) atoms. The number of carboxylic acids is 1. The maximum absolute atomic E-state index is 11.0. The van der Waals surface area contributed by atoms with Crippen LogP contribution < -0.4 is 0 Å². The van der Waals surface area contributed by atoms with E-state index in [0.29, 0.717) is 19.2 Å². The first-order valence-corrected chi connectivity index (χ1v) is 6.29. The summed E-state index contributed by atoms with van der Waals surface area (Å²) < 4.78 is 5.27. The van der Waals surface area contributed by atoms with Crippen molar-refractivity contribution in [2.45, 2.75) is 44.8 Å². The van der Waals surface area contributed by atoms with Crippen LogP contribution >= 0.6 is 0 Å². The molecule has 4 nitrogen and oxygen atoms in total. The predicted molar refractivity (Wildman–Crippen MR) is 60.4 cm³/mol. The highest BCUT2D eigenvalue weighted by Crippen LogP contribution is 2.34. The fourth-order valence-corrected chi connectivity index (χ4v) is 2.06. The maximum atomic E-state index is 11.0. The van der Waals surface area contributed by atoms with E-state index in [0.717, 1.165) is 12.5 Å². The summed E-state index contributed by atoms with van der Waals surface area (Å²) in [4.78, 5) is 13.3. The third-order valence-electron chi connectivity index (χ3n) is 3.30. The lowest BCUT2D eigenvalue weighted by atomic mass is 10.2. The van der Waals surface area contributed by atoms with Gasteiger partial charge in [-0.3, -0.25) is 4.90 Å². The van der Waals surface area contributed by atoms with Crippen LogP contribution in [0.1, 0.15) is 32.6 Å². The highest BCUT2D eigenvalue weighted by atomic mass is 16.5. The molecule has 0 amide bonds. The lowest BCUT2D eigenvalue weighted by Gasteiger charge is -2.25. The minimum atomic E-state index is -0.830. The molecule has 2 saturated carbocycles. The Bertz CT molecular complexity index is 249. The van der Waals surface area contributed by atoms with Gasteiger partial charge < -0.3 is 9.84 Å². The summed E-state index contributed by atoms with van der Waals surface area (Å²) in [5.41, 5.74) is 0. The van der Waals surface area contributed by atoms with Crippen molar-refractivity contribution in [3.63, 3.8) is 0 Å². The van der Waals surface area contributed by atoms with E-state index in [1.165, 1.54) is 25.7 Å². The van der Waals surface area contributed by atoms with Gasteiger partial charge in [-0.2, -0.15) is 0 Å². The molecule has 1 N–H and O–H groups in total. The van der Waals surface area contributed by atoms with Crippen LogP contribution in [0.5, 0.6) is 0 Å². The quantitative estimate of drug-likeness (QED) is 0.680. The molecule has 0 aromatic rings. The van der Waals surface area contributed by atoms with Crippen LogP contribution in [0.2, 0.25) is 0 Å². The number of hydrogen-bond donors (Lipinski definition) is 1. The van der Waals surface area contributed by atoms with E-state index < -0.39 is 12.1 Å². The fraction of sp³-hybridized carbons (Fsp3) is 0.917. The Morgan fingerprint density at radius 2 is 2.12 bits per heavy atom. The van der Waals surface area contributed by atoms with Gasteiger partial charge in [-0.15, -0.1) is 0 Å². The largest absolute Gasteiger partial charge is 0.479 e. The first-order valence-electron chi connectivity index (χ1n) is 6.29. The Hall–Kier alpha value is -0.610. The molecule has 0 aliphatic heterocycles. The van der Waals surface area contributed by atoms with Crippen LogP contribution in [0.4, 0.5) is 0 Å². The van der Waals surface area contributed by atoms with Gasteiger partial charge >= 0.3 is 5.97 Å². The molecule has 92 valence electrons. The topological polar surface area (TPSA) is 49.8 Å². The van der Waals surface area contributed by atoms with Gasteiger partial charge in [-0.05, 0) is 38.5 Å². The number of nitrogens with zero attached hydrogens (tertiary/aromatic N) is 1. The van der Waals surface area contributed by atoms with Gasteiger partial charge in [0.05, 0.1) is 0 Å². The van der Waals surface area contributed by atoms with Gasteiger partial charge in [-0.25, -0.2) is 4.79 Å². The highest BCUT2D eigenvalue weighted by Gasteiger charge is 2.36. The first-order chi connectivity index (χ1) is 7.70. The normalized spacial score (nSPS) is 22.4. The smallest absolute Gasteiger partial charge is 0.334 e. The molecule has 2 rings (SSSR count). The summed E-state index contributed by atoms with van der Waals surface area (Å²) in [6, 6.07) is 0.628. The van der Waals surface area contributed by atoms with Crippen LogP contribution in [-0.4, -0.2) is 47.8 Å². The van der Waals surface area contributed by atoms with E-state index in [9.17, 15) is 4.79 Å². The number of carboxylic acid groups (broad SMARTS) is 1. The molecule has 0 spiro atoms. The van der Waals surface area contributed by atoms with Crippen molar-refractivity contribution in [1.82, 2.24) is 4.90 Å². The molecule has 0 aromatic heterocycles. The lowest BCUT2D eigenvalue weighted by molar-refractivity contribution is -0.151. The Kier molecular flexibility index (Phi) is 3.82. The van der Waals surface area contributed by atoms with Gasteiger partial charge in [0.25, 0.3) is 0 Å². The SMILES string of the molecule is CCOC(CN(CC1CC1)C1CC1)C(=O)O. The maximum Gasteiger partial charge on any atom is 0.334 e. The summed E-state index contributed by atoms with van der Waals surface area (Å²) >= 11 is 0. The zero-order valence-electron chi connectivity index (χ0n) is 9.89. The molecule has 2 fully saturated rings. The van der Waals surface area contributed by atoms with Crippen molar-refractivity contribution in [3.05, 3.63) is 0 Å². The van der Waals surface area contributed by atoms with Crippen LogP contribution in [0.25, 0.3) is 0 Å². The van der Waals surface area contributed by atoms with Crippen molar-refractivity contribution in [2.75, 3.05) is 19.7 Å².